The van der Waals surface area contributed by atoms with Crippen molar-refractivity contribution in [3.8, 4) is 11.3 Å². The van der Waals surface area contributed by atoms with Crippen molar-refractivity contribution in [2.75, 3.05) is 25.9 Å². The summed E-state index contributed by atoms with van der Waals surface area (Å²) in [4.78, 5) is 5.89. The molecule has 0 spiro atoms. The molecule has 3 heteroatoms. The smallest absolute Gasteiger partial charge is 0.0692 e. The van der Waals surface area contributed by atoms with Crippen LogP contribution in [-0.4, -0.2) is 30.0 Å². The Bertz CT molecular complexity index is 812. The van der Waals surface area contributed by atoms with E-state index in [0.29, 0.717) is 5.92 Å². The number of nitrogens with two attached hydrogens (primary N) is 1. The van der Waals surface area contributed by atoms with Gasteiger partial charge < -0.3 is 15.6 Å². The van der Waals surface area contributed by atoms with E-state index in [-0.39, 0.29) is 0 Å². The van der Waals surface area contributed by atoms with Gasteiger partial charge in [0.2, 0.25) is 0 Å². The Morgan fingerprint density at radius 2 is 1.78 bits per heavy atom. The molecular formula is C20H23N3. The second kappa shape index (κ2) is 5.74. The number of nitrogens with zero attached hydrogens (tertiary/aromatic N) is 1. The predicted molar refractivity (Wildman–Crippen MR) is 97.6 cm³/mol. The maximum atomic E-state index is 6.34. The zero-order valence-electron chi connectivity index (χ0n) is 13.5. The Kier molecular flexibility index (Phi) is 3.58. The molecule has 1 saturated heterocycles. The molecule has 3 aromatic rings. The number of H-pyrrole nitrogens is 1. The van der Waals surface area contributed by atoms with Crippen LogP contribution < -0.4 is 5.73 Å². The molecule has 118 valence electrons. The van der Waals surface area contributed by atoms with E-state index in [9.17, 15) is 0 Å². The van der Waals surface area contributed by atoms with Crippen molar-refractivity contribution in [2.24, 2.45) is 0 Å². The number of aromatic nitrogens is 1. The maximum absolute atomic E-state index is 6.34. The summed E-state index contributed by atoms with van der Waals surface area (Å²) in [6.07, 6.45) is 2.44. The van der Waals surface area contributed by atoms with Gasteiger partial charge in [0.1, 0.15) is 0 Å². The second-order valence-corrected chi connectivity index (χ2v) is 6.70. The van der Waals surface area contributed by atoms with Crippen molar-refractivity contribution in [1.29, 1.82) is 0 Å². The number of rotatable bonds is 2. The number of anilines is 1. The summed E-state index contributed by atoms with van der Waals surface area (Å²) >= 11 is 0. The molecule has 1 aliphatic rings. The number of hydrogen-bond acceptors (Lipinski definition) is 2. The number of fused-ring (bicyclic) bond motifs is 1. The van der Waals surface area contributed by atoms with Crippen LogP contribution in [0.2, 0.25) is 0 Å². The fourth-order valence-electron chi connectivity index (χ4n) is 3.65. The number of piperidine rings is 1. The largest absolute Gasteiger partial charge is 0.397 e. The average Bonchev–Trinajstić information content (AvgIpc) is 3.01. The molecule has 0 amide bonds. The summed E-state index contributed by atoms with van der Waals surface area (Å²) < 4.78 is 0. The van der Waals surface area contributed by atoms with Crippen LogP contribution >= 0.6 is 0 Å². The van der Waals surface area contributed by atoms with Gasteiger partial charge in [0, 0.05) is 11.1 Å². The van der Waals surface area contributed by atoms with Gasteiger partial charge in [-0.15, -0.1) is 0 Å². The first kappa shape index (κ1) is 14.3. The van der Waals surface area contributed by atoms with Gasteiger partial charge in [-0.25, -0.2) is 0 Å². The topological polar surface area (TPSA) is 45.0 Å². The lowest BCUT2D eigenvalue weighted by atomic mass is 9.88. The molecule has 1 fully saturated rings. The number of benzene rings is 2. The number of hydrogen-bond donors (Lipinski definition) is 2. The third-order valence-electron chi connectivity index (χ3n) is 5.06. The van der Waals surface area contributed by atoms with Crippen LogP contribution in [0.3, 0.4) is 0 Å². The summed E-state index contributed by atoms with van der Waals surface area (Å²) in [5, 5.41) is 1.22. The summed E-state index contributed by atoms with van der Waals surface area (Å²) in [6, 6.07) is 17.1. The predicted octanol–water partition coefficient (Wildman–Crippen LogP) is 4.23. The lowest BCUT2D eigenvalue weighted by Crippen LogP contribution is -2.29. The van der Waals surface area contributed by atoms with Gasteiger partial charge in [0.05, 0.1) is 11.2 Å². The van der Waals surface area contributed by atoms with Crippen molar-refractivity contribution in [2.45, 2.75) is 18.8 Å². The standard InChI is InChI=1S/C20H23N3/c1-23-9-7-14(8-10-23)16-11-17-13-19(15-5-3-2-4-6-15)22-20(17)18(21)12-16/h2-6,11-14,22H,7-10,21H2,1H3. The first-order valence-corrected chi connectivity index (χ1v) is 8.37. The van der Waals surface area contributed by atoms with Crippen molar-refractivity contribution in [3.05, 3.63) is 54.1 Å². The van der Waals surface area contributed by atoms with Gasteiger partial charge in [-0.05, 0) is 68.2 Å². The first-order chi connectivity index (χ1) is 11.2. The molecule has 2 aromatic carbocycles. The van der Waals surface area contributed by atoms with E-state index >= 15 is 0 Å². The monoisotopic (exact) mass is 305 g/mol. The van der Waals surface area contributed by atoms with Gasteiger partial charge in [0.15, 0.2) is 0 Å². The Balaban J connectivity index is 1.73. The van der Waals surface area contributed by atoms with Crippen LogP contribution in [0.4, 0.5) is 5.69 Å². The minimum atomic E-state index is 0.632. The molecule has 0 atom stereocenters. The molecule has 0 unspecified atom stereocenters. The molecule has 0 radical (unpaired) electrons. The molecule has 4 rings (SSSR count). The minimum Gasteiger partial charge on any atom is -0.397 e. The lowest BCUT2D eigenvalue weighted by Gasteiger charge is -2.29. The van der Waals surface area contributed by atoms with E-state index in [2.05, 4.69) is 59.4 Å². The second-order valence-electron chi connectivity index (χ2n) is 6.70. The Hall–Kier alpha value is -2.26. The summed E-state index contributed by atoms with van der Waals surface area (Å²) in [6.45, 7) is 2.34. The normalized spacial score (nSPS) is 16.9. The SMILES string of the molecule is CN1CCC(c2cc(N)c3[nH]c(-c4ccccc4)cc3c2)CC1. The van der Waals surface area contributed by atoms with Gasteiger partial charge in [0.25, 0.3) is 0 Å². The molecule has 0 saturated carbocycles. The highest BCUT2D eigenvalue weighted by Gasteiger charge is 2.19. The van der Waals surface area contributed by atoms with E-state index in [1.54, 1.807) is 0 Å². The van der Waals surface area contributed by atoms with Gasteiger partial charge >= 0.3 is 0 Å². The van der Waals surface area contributed by atoms with Crippen molar-refractivity contribution in [1.82, 2.24) is 9.88 Å². The number of aromatic amines is 1. The highest BCUT2D eigenvalue weighted by molar-refractivity contribution is 5.94. The Labute approximate surface area is 137 Å². The third-order valence-corrected chi connectivity index (χ3v) is 5.06. The molecule has 23 heavy (non-hydrogen) atoms. The zero-order valence-corrected chi connectivity index (χ0v) is 13.5. The summed E-state index contributed by atoms with van der Waals surface area (Å²) in [7, 11) is 2.20. The van der Waals surface area contributed by atoms with Crippen LogP contribution in [0.25, 0.3) is 22.2 Å². The lowest BCUT2D eigenvalue weighted by molar-refractivity contribution is 0.255. The first-order valence-electron chi connectivity index (χ1n) is 8.37. The van der Waals surface area contributed by atoms with E-state index in [0.717, 1.165) is 16.9 Å². The molecule has 3 nitrogen and oxygen atoms in total. The Morgan fingerprint density at radius 1 is 1.04 bits per heavy atom. The van der Waals surface area contributed by atoms with Crippen LogP contribution in [0, 0.1) is 0 Å². The maximum Gasteiger partial charge on any atom is 0.0692 e. The van der Waals surface area contributed by atoms with E-state index in [1.807, 2.05) is 6.07 Å². The average molecular weight is 305 g/mol. The summed E-state index contributed by atoms with van der Waals surface area (Å²) in [5.41, 5.74) is 12.0. The fraction of sp³-hybridized carbons (Fsp3) is 0.300. The van der Waals surface area contributed by atoms with Crippen LogP contribution in [-0.2, 0) is 0 Å². The van der Waals surface area contributed by atoms with Crippen LogP contribution in [0.15, 0.2) is 48.5 Å². The highest BCUT2D eigenvalue weighted by Crippen LogP contribution is 2.34. The number of nitrogens with one attached hydrogen (secondary N) is 1. The highest BCUT2D eigenvalue weighted by atomic mass is 15.1. The van der Waals surface area contributed by atoms with Crippen LogP contribution in [0.5, 0.6) is 0 Å². The quantitative estimate of drug-likeness (QED) is 0.696. The summed E-state index contributed by atoms with van der Waals surface area (Å²) in [5.74, 6) is 0.632. The van der Waals surface area contributed by atoms with Crippen molar-refractivity contribution >= 4 is 16.6 Å². The van der Waals surface area contributed by atoms with E-state index in [4.69, 9.17) is 5.73 Å². The van der Waals surface area contributed by atoms with Crippen molar-refractivity contribution < 1.29 is 0 Å². The zero-order chi connectivity index (χ0) is 15.8. The fourth-order valence-corrected chi connectivity index (χ4v) is 3.65. The molecule has 1 aliphatic heterocycles. The molecule has 3 N–H and O–H groups in total. The molecular weight excluding hydrogens is 282 g/mol. The number of nitrogen functional groups attached to an aromatic ring is 1. The van der Waals surface area contributed by atoms with Gasteiger partial charge in [-0.2, -0.15) is 0 Å². The van der Waals surface area contributed by atoms with Gasteiger partial charge in [-0.3, -0.25) is 0 Å². The number of likely N-dealkylation sites (tertiary alicyclic amines) is 1. The molecule has 2 heterocycles. The Morgan fingerprint density at radius 3 is 2.52 bits per heavy atom. The molecule has 0 bridgehead atoms. The van der Waals surface area contributed by atoms with E-state index < -0.39 is 0 Å². The molecule has 0 aliphatic carbocycles. The molecule has 1 aromatic heterocycles. The minimum absolute atomic E-state index is 0.632. The van der Waals surface area contributed by atoms with Gasteiger partial charge in [-0.1, -0.05) is 30.3 Å². The van der Waals surface area contributed by atoms with Crippen LogP contribution in [0.1, 0.15) is 24.3 Å². The van der Waals surface area contributed by atoms with E-state index in [1.165, 1.54) is 42.4 Å². The third kappa shape index (κ3) is 2.73. The van der Waals surface area contributed by atoms with Crippen molar-refractivity contribution in [3.63, 3.8) is 0 Å².